The fraction of sp³-hybridized carbons (Fsp3) is 0.417. The summed E-state index contributed by atoms with van der Waals surface area (Å²) < 4.78 is 21.4. The van der Waals surface area contributed by atoms with Gasteiger partial charge < -0.3 is 18.9 Å². The Kier molecular flexibility index (Phi) is 9.71. The average Bonchev–Trinajstić information content (AvgIpc) is 2.78. The molecule has 2 aromatic rings. The molecule has 6 nitrogen and oxygen atoms in total. The molecule has 0 bridgehead atoms. The Labute approximate surface area is 178 Å². The van der Waals surface area contributed by atoms with Gasteiger partial charge in [-0.1, -0.05) is 57.2 Å². The number of esters is 2. The predicted molar refractivity (Wildman–Crippen MR) is 115 cm³/mol. The monoisotopic (exact) mass is 414 g/mol. The van der Waals surface area contributed by atoms with Crippen LogP contribution in [-0.4, -0.2) is 32.8 Å². The lowest BCUT2D eigenvalue weighted by molar-refractivity contribution is 0.0489. The second kappa shape index (κ2) is 12.5. The van der Waals surface area contributed by atoms with Gasteiger partial charge in [-0.05, 0) is 30.7 Å². The third kappa shape index (κ3) is 6.51. The molecule has 0 heterocycles. The molecule has 0 radical (unpaired) electrons. The first-order valence-electron chi connectivity index (χ1n) is 10.3. The largest absolute Gasteiger partial charge is 0.493 e. The van der Waals surface area contributed by atoms with Crippen molar-refractivity contribution >= 4 is 11.9 Å². The van der Waals surface area contributed by atoms with Crippen LogP contribution in [0.4, 0.5) is 0 Å². The summed E-state index contributed by atoms with van der Waals surface area (Å²) in [6.45, 7) is 2.50. The van der Waals surface area contributed by atoms with Crippen molar-refractivity contribution in [1.82, 2.24) is 0 Å². The lowest BCUT2D eigenvalue weighted by Crippen LogP contribution is -2.16. The van der Waals surface area contributed by atoms with Gasteiger partial charge in [-0.3, -0.25) is 0 Å². The Balaban J connectivity index is 2.04. The number of methoxy groups -OCH3 is 2. The number of hydrogen-bond acceptors (Lipinski definition) is 6. The highest BCUT2D eigenvalue weighted by atomic mass is 16.6. The van der Waals surface area contributed by atoms with Crippen LogP contribution in [0, 0.1) is 0 Å². The Morgan fingerprint density at radius 1 is 0.733 bits per heavy atom. The zero-order valence-electron chi connectivity index (χ0n) is 17.9. The van der Waals surface area contributed by atoms with Crippen molar-refractivity contribution in [2.24, 2.45) is 0 Å². The number of unbranched alkanes of at least 4 members (excludes halogenated alkanes) is 5. The Morgan fingerprint density at radius 3 is 1.90 bits per heavy atom. The topological polar surface area (TPSA) is 71.1 Å². The summed E-state index contributed by atoms with van der Waals surface area (Å²) in [6.07, 6.45) is 6.58. The van der Waals surface area contributed by atoms with Gasteiger partial charge >= 0.3 is 11.9 Å². The highest BCUT2D eigenvalue weighted by molar-refractivity contribution is 6.04. The van der Waals surface area contributed by atoms with Crippen LogP contribution in [0.5, 0.6) is 17.2 Å². The van der Waals surface area contributed by atoms with Crippen molar-refractivity contribution in [2.45, 2.75) is 45.4 Å². The van der Waals surface area contributed by atoms with E-state index < -0.39 is 11.9 Å². The summed E-state index contributed by atoms with van der Waals surface area (Å²) in [6, 6.07) is 11.5. The van der Waals surface area contributed by atoms with E-state index in [0.29, 0.717) is 18.1 Å². The van der Waals surface area contributed by atoms with Gasteiger partial charge in [0.1, 0.15) is 0 Å². The molecule has 0 unspecified atom stereocenters. The van der Waals surface area contributed by atoms with E-state index in [9.17, 15) is 9.59 Å². The quantitative estimate of drug-likeness (QED) is 0.262. The van der Waals surface area contributed by atoms with Gasteiger partial charge in [-0.2, -0.15) is 0 Å². The zero-order valence-corrected chi connectivity index (χ0v) is 17.9. The molecule has 0 aliphatic heterocycles. The van der Waals surface area contributed by atoms with Gasteiger partial charge in [-0.25, -0.2) is 9.59 Å². The van der Waals surface area contributed by atoms with Crippen LogP contribution in [0.1, 0.15) is 66.2 Å². The number of rotatable bonds is 12. The first kappa shape index (κ1) is 23.3. The summed E-state index contributed by atoms with van der Waals surface area (Å²) in [4.78, 5) is 25.3. The standard InChI is InChI=1S/C24H30O6/c1-4-5-6-7-8-11-17-29-23(25)18-13-9-10-14-19(18)24(26)30-22-20(27-2)15-12-16-21(22)28-3/h9-10,12-16H,4-8,11,17H2,1-3H3. The van der Waals surface area contributed by atoms with Crippen LogP contribution in [-0.2, 0) is 4.74 Å². The lowest BCUT2D eigenvalue weighted by atomic mass is 10.1. The van der Waals surface area contributed by atoms with Gasteiger partial charge in [0.25, 0.3) is 0 Å². The fourth-order valence-corrected chi connectivity index (χ4v) is 3.03. The molecule has 2 rings (SSSR count). The summed E-state index contributed by atoms with van der Waals surface area (Å²) in [7, 11) is 2.94. The molecule has 30 heavy (non-hydrogen) atoms. The van der Waals surface area contributed by atoms with E-state index in [-0.39, 0.29) is 16.9 Å². The van der Waals surface area contributed by atoms with Crippen molar-refractivity contribution in [2.75, 3.05) is 20.8 Å². The molecule has 0 aromatic heterocycles. The van der Waals surface area contributed by atoms with E-state index in [1.54, 1.807) is 36.4 Å². The smallest absolute Gasteiger partial charge is 0.344 e. The van der Waals surface area contributed by atoms with Gasteiger partial charge in [0, 0.05) is 0 Å². The van der Waals surface area contributed by atoms with E-state index in [1.807, 2.05) is 0 Å². The van der Waals surface area contributed by atoms with E-state index in [4.69, 9.17) is 18.9 Å². The summed E-state index contributed by atoms with van der Waals surface area (Å²) in [5.41, 5.74) is 0.292. The summed E-state index contributed by atoms with van der Waals surface area (Å²) in [5.74, 6) is -0.368. The Hall–Kier alpha value is -3.02. The number of benzene rings is 2. The molecule has 0 N–H and O–H groups in total. The van der Waals surface area contributed by atoms with Crippen LogP contribution < -0.4 is 14.2 Å². The Bertz CT molecular complexity index is 808. The second-order valence-electron chi connectivity index (χ2n) is 6.83. The minimum absolute atomic E-state index is 0.124. The summed E-state index contributed by atoms with van der Waals surface area (Å²) >= 11 is 0. The van der Waals surface area contributed by atoms with E-state index in [1.165, 1.54) is 39.5 Å². The molecular weight excluding hydrogens is 384 g/mol. The van der Waals surface area contributed by atoms with Gasteiger partial charge in [-0.15, -0.1) is 0 Å². The van der Waals surface area contributed by atoms with Crippen molar-refractivity contribution in [3.8, 4) is 17.2 Å². The minimum atomic E-state index is -0.690. The van der Waals surface area contributed by atoms with Crippen molar-refractivity contribution in [3.63, 3.8) is 0 Å². The molecule has 0 amide bonds. The fourth-order valence-electron chi connectivity index (χ4n) is 3.03. The maximum atomic E-state index is 12.8. The van der Waals surface area contributed by atoms with Crippen LogP contribution in [0.2, 0.25) is 0 Å². The number of hydrogen-bond donors (Lipinski definition) is 0. The summed E-state index contributed by atoms with van der Waals surface area (Å²) in [5, 5.41) is 0. The molecule has 0 saturated heterocycles. The molecule has 0 aliphatic carbocycles. The second-order valence-corrected chi connectivity index (χ2v) is 6.83. The number of ether oxygens (including phenoxy) is 4. The van der Waals surface area contributed by atoms with Crippen LogP contribution in [0.3, 0.4) is 0 Å². The lowest BCUT2D eigenvalue weighted by Gasteiger charge is -2.14. The highest BCUT2D eigenvalue weighted by Crippen LogP contribution is 2.37. The number of para-hydroxylation sites is 1. The van der Waals surface area contributed by atoms with E-state index in [0.717, 1.165) is 19.3 Å². The maximum absolute atomic E-state index is 12.8. The molecule has 0 saturated carbocycles. The molecule has 6 heteroatoms. The number of carbonyl (C=O) groups excluding carboxylic acids is 2. The van der Waals surface area contributed by atoms with Crippen LogP contribution in [0.15, 0.2) is 42.5 Å². The van der Waals surface area contributed by atoms with Crippen molar-refractivity contribution in [1.29, 1.82) is 0 Å². The highest BCUT2D eigenvalue weighted by Gasteiger charge is 2.22. The first-order valence-corrected chi connectivity index (χ1v) is 10.3. The molecule has 0 spiro atoms. The van der Waals surface area contributed by atoms with E-state index in [2.05, 4.69) is 6.92 Å². The SMILES string of the molecule is CCCCCCCCOC(=O)c1ccccc1C(=O)Oc1c(OC)cccc1OC. The van der Waals surface area contributed by atoms with Gasteiger partial charge in [0.2, 0.25) is 5.75 Å². The van der Waals surface area contributed by atoms with Crippen LogP contribution in [0.25, 0.3) is 0 Å². The maximum Gasteiger partial charge on any atom is 0.344 e. The average molecular weight is 414 g/mol. The van der Waals surface area contributed by atoms with E-state index >= 15 is 0 Å². The van der Waals surface area contributed by atoms with Crippen molar-refractivity contribution < 1.29 is 28.5 Å². The minimum Gasteiger partial charge on any atom is -0.493 e. The zero-order chi connectivity index (χ0) is 21.8. The van der Waals surface area contributed by atoms with Gasteiger partial charge in [0.15, 0.2) is 11.5 Å². The normalized spacial score (nSPS) is 10.4. The van der Waals surface area contributed by atoms with Crippen molar-refractivity contribution in [3.05, 3.63) is 53.6 Å². The van der Waals surface area contributed by atoms with Crippen LogP contribution >= 0.6 is 0 Å². The molecule has 0 atom stereocenters. The van der Waals surface area contributed by atoms with Gasteiger partial charge in [0.05, 0.1) is 32.0 Å². The third-order valence-electron chi connectivity index (χ3n) is 4.68. The molecule has 0 aliphatic rings. The molecule has 162 valence electrons. The molecule has 0 fully saturated rings. The Morgan fingerprint density at radius 2 is 1.30 bits per heavy atom. The molecular formula is C24H30O6. The number of carbonyl (C=O) groups is 2. The predicted octanol–water partition coefficient (Wildman–Crippen LogP) is 5.44. The first-order chi connectivity index (χ1) is 14.6. The third-order valence-corrected chi connectivity index (χ3v) is 4.68. The molecule has 2 aromatic carbocycles.